The molecule has 34 heavy (non-hydrogen) atoms. The number of nitrogens with zero attached hydrogens (tertiary/aromatic N) is 2. The highest BCUT2D eigenvalue weighted by Crippen LogP contribution is 2.65. The van der Waals surface area contributed by atoms with Crippen molar-refractivity contribution in [3.63, 3.8) is 0 Å². The molecule has 0 aromatic heterocycles. The lowest BCUT2D eigenvalue weighted by Gasteiger charge is -2.60. The van der Waals surface area contributed by atoms with Crippen LogP contribution >= 0.6 is 0 Å². The van der Waals surface area contributed by atoms with E-state index in [1.54, 1.807) is 12.1 Å². The monoisotopic (exact) mass is 457 g/mol. The number of carbonyl (C=O) groups is 2. The lowest BCUT2D eigenvalue weighted by Crippen LogP contribution is -2.60. The van der Waals surface area contributed by atoms with Gasteiger partial charge in [0, 0.05) is 23.9 Å². The summed E-state index contributed by atoms with van der Waals surface area (Å²) in [7, 11) is 0. The van der Waals surface area contributed by atoms with Crippen LogP contribution in [-0.2, 0) is 9.59 Å². The average molecular weight is 458 g/mol. The third-order valence-electron chi connectivity index (χ3n) is 9.92. The molecule has 5 nitrogen and oxygen atoms in total. The van der Waals surface area contributed by atoms with Gasteiger partial charge in [0.2, 0.25) is 11.8 Å². The number of hydrogen-bond donors (Lipinski definition) is 1. The Balaban J connectivity index is 1.38. The molecule has 1 aliphatic heterocycles. The third kappa shape index (κ3) is 3.34. The number of fused-ring (bicyclic) bond motifs is 5. The van der Waals surface area contributed by atoms with Crippen LogP contribution in [-0.4, -0.2) is 29.3 Å². The molecule has 2 amide bonds. The van der Waals surface area contributed by atoms with Gasteiger partial charge in [-0.05, 0) is 79.9 Å². The van der Waals surface area contributed by atoms with E-state index in [2.05, 4.69) is 37.9 Å². The Bertz CT molecular complexity index is 1090. The Kier molecular flexibility index (Phi) is 5.67. The molecule has 0 bridgehead atoms. The molecule has 0 saturated heterocycles. The molecule has 5 rings (SSSR count). The lowest BCUT2D eigenvalue weighted by atomic mass is 9.47. The fourth-order valence-corrected chi connectivity index (χ4v) is 8.29. The van der Waals surface area contributed by atoms with Crippen LogP contribution in [0.15, 0.2) is 49.1 Å². The van der Waals surface area contributed by atoms with E-state index in [4.69, 9.17) is 0 Å². The predicted molar refractivity (Wildman–Crippen MR) is 133 cm³/mol. The Hall–Kier alpha value is -2.87. The molecule has 3 fully saturated rings. The van der Waals surface area contributed by atoms with Crippen LogP contribution in [0.2, 0.25) is 0 Å². The first kappa shape index (κ1) is 22.9. The van der Waals surface area contributed by atoms with Crippen molar-refractivity contribution in [2.24, 2.45) is 34.5 Å². The molecule has 5 heteroatoms. The molecular formula is C29H35N3O2. The van der Waals surface area contributed by atoms with Gasteiger partial charge in [0.15, 0.2) is 0 Å². The second-order valence-electron chi connectivity index (χ2n) is 11.3. The first-order valence-corrected chi connectivity index (χ1v) is 12.7. The molecule has 1 aromatic rings. The van der Waals surface area contributed by atoms with E-state index in [-0.39, 0.29) is 34.6 Å². The maximum Gasteiger partial charge on any atom is 0.246 e. The molecule has 3 aliphatic carbocycles. The smallest absolute Gasteiger partial charge is 0.246 e. The lowest BCUT2D eigenvalue weighted by molar-refractivity contribution is -0.142. The number of carbonyl (C=O) groups excluding carboxylic acids is 2. The number of nitriles is 1. The molecule has 1 aromatic carbocycles. The fraction of sp³-hybridized carbons (Fsp3) is 0.552. The van der Waals surface area contributed by atoms with Crippen molar-refractivity contribution < 1.29 is 9.59 Å². The topological polar surface area (TPSA) is 73.2 Å². The second kappa shape index (κ2) is 8.41. The van der Waals surface area contributed by atoms with E-state index >= 15 is 0 Å². The number of benzene rings is 1. The second-order valence-corrected chi connectivity index (χ2v) is 11.3. The zero-order chi connectivity index (χ0) is 24.1. The zero-order valence-electron chi connectivity index (χ0n) is 20.3. The molecule has 178 valence electrons. The summed E-state index contributed by atoms with van der Waals surface area (Å²) in [5.41, 5.74) is 1.08. The summed E-state index contributed by atoms with van der Waals surface area (Å²) >= 11 is 0. The van der Waals surface area contributed by atoms with Crippen molar-refractivity contribution in [3.05, 3.63) is 54.6 Å². The summed E-state index contributed by atoms with van der Waals surface area (Å²) in [6.07, 6.45) is 12.1. The number of para-hydroxylation sites is 1. The normalized spacial score (nSPS) is 38.3. The minimum Gasteiger partial charge on any atom is -0.332 e. The van der Waals surface area contributed by atoms with Gasteiger partial charge in [0.1, 0.15) is 6.07 Å². The minimum atomic E-state index is -0.0310. The largest absolute Gasteiger partial charge is 0.332 e. The number of amides is 2. The number of anilines is 1. The first-order valence-electron chi connectivity index (χ1n) is 12.7. The van der Waals surface area contributed by atoms with Gasteiger partial charge in [-0.15, -0.1) is 6.58 Å². The van der Waals surface area contributed by atoms with Crippen molar-refractivity contribution in [2.45, 2.75) is 58.4 Å². The Morgan fingerprint density at radius 1 is 1.21 bits per heavy atom. The van der Waals surface area contributed by atoms with Crippen LogP contribution in [0.25, 0.3) is 0 Å². The van der Waals surface area contributed by atoms with Gasteiger partial charge in [-0.3, -0.25) is 9.59 Å². The van der Waals surface area contributed by atoms with Gasteiger partial charge in [-0.25, -0.2) is 0 Å². The van der Waals surface area contributed by atoms with Gasteiger partial charge in [0.25, 0.3) is 0 Å². The Labute approximate surface area is 202 Å². The van der Waals surface area contributed by atoms with Gasteiger partial charge in [-0.2, -0.15) is 5.26 Å². The summed E-state index contributed by atoms with van der Waals surface area (Å²) < 4.78 is 0. The van der Waals surface area contributed by atoms with E-state index in [1.165, 1.54) is 0 Å². The van der Waals surface area contributed by atoms with Gasteiger partial charge in [-0.1, -0.05) is 38.1 Å². The molecule has 3 saturated carbocycles. The van der Waals surface area contributed by atoms with E-state index in [0.717, 1.165) is 38.5 Å². The van der Waals surface area contributed by atoms with Crippen LogP contribution < -0.4 is 5.32 Å². The maximum absolute atomic E-state index is 13.5. The number of nitrogens with one attached hydrogen (secondary N) is 1. The summed E-state index contributed by atoms with van der Waals surface area (Å²) in [4.78, 5) is 28.1. The van der Waals surface area contributed by atoms with Crippen LogP contribution in [0.5, 0.6) is 0 Å². The summed E-state index contributed by atoms with van der Waals surface area (Å²) in [5.74, 6) is 1.76. The fourth-order valence-electron chi connectivity index (χ4n) is 8.29. The van der Waals surface area contributed by atoms with Gasteiger partial charge < -0.3 is 10.2 Å². The minimum absolute atomic E-state index is 0.0206. The molecule has 4 aliphatic rings. The van der Waals surface area contributed by atoms with Crippen LogP contribution in [0, 0.1) is 45.8 Å². The molecule has 7 atom stereocenters. The summed E-state index contributed by atoms with van der Waals surface area (Å²) in [6.45, 7) is 9.17. The Morgan fingerprint density at radius 2 is 2.00 bits per heavy atom. The van der Waals surface area contributed by atoms with Gasteiger partial charge in [0.05, 0.1) is 11.3 Å². The maximum atomic E-state index is 13.5. The average Bonchev–Trinajstić information content (AvgIpc) is 3.19. The van der Waals surface area contributed by atoms with Crippen molar-refractivity contribution in [3.8, 4) is 6.07 Å². The SMILES string of the molecule is C=CCN1C(=O)C=C[C@]2(C)[C@H]3CC[C@]4(C)[C@H](C(=O)Nc5ccccc5C#N)CC[C@H]4[C@@H]3CC[C@@H]12. The van der Waals surface area contributed by atoms with E-state index < -0.39 is 0 Å². The zero-order valence-corrected chi connectivity index (χ0v) is 20.3. The van der Waals surface area contributed by atoms with Crippen LogP contribution in [0.1, 0.15) is 57.9 Å². The molecular weight excluding hydrogens is 422 g/mol. The summed E-state index contributed by atoms with van der Waals surface area (Å²) in [6, 6.07) is 9.66. The molecule has 0 radical (unpaired) electrons. The number of rotatable bonds is 4. The first-order chi connectivity index (χ1) is 16.3. The molecule has 1 N–H and O–H groups in total. The molecule has 0 unspecified atom stereocenters. The van der Waals surface area contributed by atoms with Crippen molar-refractivity contribution in [1.29, 1.82) is 5.26 Å². The quantitative estimate of drug-likeness (QED) is 0.623. The highest BCUT2D eigenvalue weighted by molar-refractivity contribution is 5.94. The molecule has 1 heterocycles. The van der Waals surface area contributed by atoms with Crippen molar-refractivity contribution >= 4 is 17.5 Å². The Morgan fingerprint density at radius 3 is 2.76 bits per heavy atom. The third-order valence-corrected chi connectivity index (χ3v) is 9.92. The number of hydrogen-bond acceptors (Lipinski definition) is 3. The van der Waals surface area contributed by atoms with Crippen LogP contribution in [0.4, 0.5) is 5.69 Å². The predicted octanol–water partition coefficient (Wildman–Crippen LogP) is 5.31. The highest BCUT2D eigenvalue weighted by Gasteiger charge is 2.61. The highest BCUT2D eigenvalue weighted by atomic mass is 16.2. The molecule has 0 spiro atoms. The van der Waals surface area contributed by atoms with Crippen molar-refractivity contribution in [1.82, 2.24) is 4.90 Å². The summed E-state index contributed by atoms with van der Waals surface area (Å²) in [5, 5.41) is 12.5. The van der Waals surface area contributed by atoms with E-state index in [0.29, 0.717) is 35.5 Å². The van der Waals surface area contributed by atoms with E-state index in [1.807, 2.05) is 29.2 Å². The standard InChI is InChI=1S/C29H35N3O2/c1-4-17-32-25-12-9-20-21-10-11-23(27(34)31-24-8-6-5-7-19(24)18-30)28(21,2)15-13-22(20)29(25,3)16-14-26(32)33/h4-8,14,16,20-23,25H,1,9-13,15,17H2,2-3H3,(H,31,34)/t20-,21-,22-,23-,25+,28-,29+/m0/s1. The van der Waals surface area contributed by atoms with Crippen molar-refractivity contribution in [2.75, 3.05) is 11.9 Å². The van der Waals surface area contributed by atoms with E-state index in [9.17, 15) is 14.9 Å². The van der Waals surface area contributed by atoms with Gasteiger partial charge >= 0.3 is 0 Å². The van der Waals surface area contributed by atoms with Crippen LogP contribution in [0.3, 0.4) is 0 Å².